The minimum atomic E-state index is -0.717. The van der Waals surface area contributed by atoms with E-state index in [2.05, 4.69) is 4.98 Å². The van der Waals surface area contributed by atoms with Crippen molar-refractivity contribution in [2.45, 2.75) is 13.0 Å². The summed E-state index contributed by atoms with van der Waals surface area (Å²) in [6.07, 6.45) is 0. The predicted molar refractivity (Wildman–Crippen MR) is 114 cm³/mol. The molecule has 1 unspecified atom stereocenters. The quantitative estimate of drug-likeness (QED) is 0.563. The van der Waals surface area contributed by atoms with Crippen molar-refractivity contribution in [1.82, 2.24) is 4.98 Å². The van der Waals surface area contributed by atoms with Gasteiger partial charge in [0.1, 0.15) is 16.7 Å². The van der Waals surface area contributed by atoms with Crippen molar-refractivity contribution in [1.29, 1.82) is 0 Å². The molecule has 1 aromatic heterocycles. The number of hydrogen-bond donors (Lipinski definition) is 2. The Hall–Kier alpha value is -2.61. The Kier molecular flexibility index (Phi) is 5.88. The van der Waals surface area contributed by atoms with Gasteiger partial charge in [-0.05, 0) is 55.5 Å². The summed E-state index contributed by atoms with van der Waals surface area (Å²) >= 11 is 12.9. The highest BCUT2D eigenvalue weighted by atomic mass is 35.5. The third-order valence-corrected chi connectivity index (χ3v) is 5.64. The van der Waals surface area contributed by atoms with E-state index in [0.29, 0.717) is 26.4 Å². The van der Waals surface area contributed by atoms with E-state index >= 15 is 0 Å². The van der Waals surface area contributed by atoms with Crippen LogP contribution in [0.4, 0.5) is 16.6 Å². The molecule has 0 radical (unpaired) electrons. The van der Waals surface area contributed by atoms with Gasteiger partial charge in [0.2, 0.25) is 11.7 Å². The molecule has 0 aliphatic carbocycles. The zero-order valence-corrected chi connectivity index (χ0v) is 17.1. The van der Waals surface area contributed by atoms with E-state index in [9.17, 15) is 9.59 Å². The fourth-order valence-corrected chi connectivity index (χ4v) is 3.85. The second-order valence-corrected chi connectivity index (χ2v) is 7.82. The normalized spacial score (nSPS) is 11.8. The average molecular weight is 435 g/mol. The van der Waals surface area contributed by atoms with Crippen LogP contribution in [0.3, 0.4) is 0 Å². The van der Waals surface area contributed by atoms with Gasteiger partial charge in [0.05, 0.1) is 0 Å². The second-order valence-electron chi connectivity index (χ2n) is 5.97. The lowest BCUT2D eigenvalue weighted by Crippen LogP contribution is -2.39. The number of amides is 1. The molecule has 0 bridgehead atoms. The van der Waals surface area contributed by atoms with Crippen LogP contribution in [0.15, 0.2) is 48.5 Å². The number of thiazole rings is 1. The van der Waals surface area contributed by atoms with Gasteiger partial charge in [-0.2, -0.15) is 0 Å². The summed E-state index contributed by atoms with van der Waals surface area (Å²) in [7, 11) is 0. The zero-order valence-electron chi connectivity index (χ0n) is 14.7. The maximum absolute atomic E-state index is 12.8. The first-order chi connectivity index (χ1) is 13.3. The number of benzene rings is 2. The Morgan fingerprint density at radius 2 is 1.57 bits per heavy atom. The summed E-state index contributed by atoms with van der Waals surface area (Å²) in [5.74, 6) is -0.745. The molecular formula is C19H16Cl2N4O2S. The summed E-state index contributed by atoms with van der Waals surface area (Å²) in [6, 6.07) is 12.6. The van der Waals surface area contributed by atoms with Gasteiger partial charge in [-0.1, -0.05) is 34.5 Å². The molecule has 3 rings (SSSR count). The Balaban J connectivity index is 2.03. The lowest BCUT2D eigenvalue weighted by molar-refractivity contribution is -0.118. The first-order valence-electron chi connectivity index (χ1n) is 8.18. The number of halogens is 2. The average Bonchev–Trinajstić information content (AvgIpc) is 3.04. The molecule has 0 aliphatic rings. The first kappa shape index (κ1) is 20.1. The van der Waals surface area contributed by atoms with Crippen molar-refractivity contribution in [3.63, 3.8) is 0 Å². The van der Waals surface area contributed by atoms with Gasteiger partial charge in [0.25, 0.3) is 0 Å². The molecule has 0 saturated carbocycles. The van der Waals surface area contributed by atoms with Crippen LogP contribution < -0.4 is 16.4 Å². The summed E-state index contributed by atoms with van der Waals surface area (Å²) in [4.78, 5) is 30.9. The number of carbonyl (C=O) groups excluding carboxylic acids is 2. The molecule has 9 heteroatoms. The monoisotopic (exact) mass is 434 g/mol. The van der Waals surface area contributed by atoms with Crippen LogP contribution in [0, 0.1) is 0 Å². The summed E-state index contributed by atoms with van der Waals surface area (Å²) < 4.78 is 0. The molecule has 28 heavy (non-hydrogen) atoms. The lowest BCUT2D eigenvalue weighted by atomic mass is 10.1. The van der Waals surface area contributed by atoms with Crippen LogP contribution in [0.2, 0.25) is 10.0 Å². The van der Waals surface area contributed by atoms with Gasteiger partial charge in [0, 0.05) is 21.3 Å². The first-order valence-corrected chi connectivity index (χ1v) is 9.76. The molecule has 2 aromatic carbocycles. The van der Waals surface area contributed by atoms with Crippen LogP contribution in [0.1, 0.15) is 22.2 Å². The molecule has 4 N–H and O–H groups in total. The topological polar surface area (TPSA) is 102 Å². The number of anilines is 3. The molecule has 0 spiro atoms. The number of nitrogen functional groups attached to an aromatic ring is 1. The maximum Gasteiger partial charge on any atom is 0.240 e. The van der Waals surface area contributed by atoms with Crippen molar-refractivity contribution in [3.05, 3.63) is 69.0 Å². The molecule has 0 fully saturated rings. The van der Waals surface area contributed by atoms with E-state index in [1.807, 2.05) is 0 Å². The minimum absolute atomic E-state index is 0.0792. The van der Waals surface area contributed by atoms with Crippen molar-refractivity contribution in [3.8, 4) is 0 Å². The Morgan fingerprint density at radius 1 is 1.04 bits per heavy atom. The predicted octanol–water partition coefficient (Wildman–Crippen LogP) is 4.28. The van der Waals surface area contributed by atoms with E-state index in [1.54, 1.807) is 60.4 Å². The number of ketones is 1. The Labute approximate surface area is 175 Å². The van der Waals surface area contributed by atoms with Crippen LogP contribution >= 0.6 is 34.5 Å². The SMILES string of the molecule is CC(C(N)=O)N(c1ccc(Cl)cc1)c1nc(N)c(C(=O)c2ccc(Cl)cc2)s1. The van der Waals surface area contributed by atoms with Crippen molar-refractivity contribution in [2.24, 2.45) is 5.73 Å². The summed E-state index contributed by atoms with van der Waals surface area (Å²) in [5, 5.41) is 1.45. The molecule has 144 valence electrons. The minimum Gasteiger partial charge on any atom is -0.382 e. The van der Waals surface area contributed by atoms with Crippen LogP contribution in [0.5, 0.6) is 0 Å². The molecular weight excluding hydrogens is 419 g/mol. The highest BCUT2D eigenvalue weighted by Crippen LogP contribution is 2.36. The highest BCUT2D eigenvalue weighted by molar-refractivity contribution is 7.18. The molecule has 0 saturated heterocycles. The van der Waals surface area contributed by atoms with Gasteiger partial charge < -0.3 is 16.4 Å². The van der Waals surface area contributed by atoms with E-state index in [4.69, 9.17) is 34.7 Å². The van der Waals surface area contributed by atoms with E-state index in [1.165, 1.54) is 0 Å². The number of carbonyl (C=O) groups is 2. The third-order valence-electron chi connectivity index (χ3n) is 4.06. The van der Waals surface area contributed by atoms with Gasteiger partial charge in [0.15, 0.2) is 5.13 Å². The molecule has 6 nitrogen and oxygen atoms in total. The molecule has 1 amide bonds. The fraction of sp³-hybridized carbons (Fsp3) is 0.105. The van der Waals surface area contributed by atoms with Crippen LogP contribution in [-0.2, 0) is 4.79 Å². The van der Waals surface area contributed by atoms with Gasteiger partial charge >= 0.3 is 0 Å². The molecule has 1 atom stereocenters. The second kappa shape index (κ2) is 8.18. The number of rotatable bonds is 6. The summed E-state index contributed by atoms with van der Waals surface area (Å²) in [6.45, 7) is 1.65. The number of primary amides is 1. The van der Waals surface area contributed by atoms with Crippen molar-refractivity contribution >= 4 is 62.9 Å². The molecule has 0 aliphatic heterocycles. The molecule has 1 heterocycles. The zero-order chi connectivity index (χ0) is 20.4. The van der Waals surface area contributed by atoms with Gasteiger partial charge in [-0.3, -0.25) is 9.59 Å². The smallest absolute Gasteiger partial charge is 0.240 e. The van der Waals surface area contributed by atoms with Crippen molar-refractivity contribution < 1.29 is 9.59 Å². The third kappa shape index (κ3) is 4.11. The molecule has 3 aromatic rings. The van der Waals surface area contributed by atoms with E-state index < -0.39 is 11.9 Å². The number of aromatic nitrogens is 1. The fourth-order valence-electron chi connectivity index (χ4n) is 2.55. The largest absolute Gasteiger partial charge is 0.382 e. The maximum atomic E-state index is 12.8. The standard InChI is InChI=1S/C19H16Cl2N4O2S/c1-10(18(23)27)25(14-8-6-13(21)7-9-14)19-24-17(22)16(28-19)15(26)11-2-4-12(20)5-3-11/h2-10H,22H2,1H3,(H2,23,27). The van der Waals surface area contributed by atoms with Gasteiger partial charge in [-0.25, -0.2) is 4.98 Å². The van der Waals surface area contributed by atoms with Crippen LogP contribution in [0.25, 0.3) is 0 Å². The number of hydrogen-bond acceptors (Lipinski definition) is 6. The van der Waals surface area contributed by atoms with E-state index in [-0.39, 0.29) is 16.5 Å². The highest BCUT2D eigenvalue weighted by Gasteiger charge is 2.27. The van der Waals surface area contributed by atoms with Crippen molar-refractivity contribution in [2.75, 3.05) is 10.6 Å². The number of nitrogens with two attached hydrogens (primary N) is 2. The van der Waals surface area contributed by atoms with E-state index in [0.717, 1.165) is 11.3 Å². The Morgan fingerprint density at radius 3 is 2.11 bits per heavy atom. The Bertz CT molecular complexity index is 1020. The lowest BCUT2D eigenvalue weighted by Gasteiger charge is -2.26. The summed E-state index contributed by atoms with van der Waals surface area (Å²) in [5.41, 5.74) is 12.6. The van der Waals surface area contributed by atoms with Crippen LogP contribution in [-0.4, -0.2) is 22.7 Å². The number of nitrogens with zero attached hydrogens (tertiary/aromatic N) is 2. The van der Waals surface area contributed by atoms with Gasteiger partial charge in [-0.15, -0.1) is 0 Å².